The van der Waals surface area contributed by atoms with Gasteiger partial charge >= 0.3 is 6.09 Å². The van der Waals surface area contributed by atoms with E-state index in [4.69, 9.17) is 9.47 Å². The molecule has 0 N–H and O–H groups in total. The van der Waals surface area contributed by atoms with Gasteiger partial charge in [0, 0.05) is 18.8 Å². The first-order valence-electron chi connectivity index (χ1n) is 10.0. The zero-order valence-electron chi connectivity index (χ0n) is 16.0. The number of rotatable bonds is 4. The summed E-state index contributed by atoms with van der Waals surface area (Å²) in [5.41, 5.74) is 3.43. The molecule has 5 heteroatoms. The van der Waals surface area contributed by atoms with Crippen molar-refractivity contribution in [2.45, 2.75) is 31.4 Å². The van der Waals surface area contributed by atoms with Crippen LogP contribution in [0.4, 0.5) is 4.79 Å². The summed E-state index contributed by atoms with van der Waals surface area (Å²) in [4.78, 5) is 18.9. The topological polar surface area (TPSA) is 51.7 Å². The van der Waals surface area contributed by atoms with E-state index in [-0.39, 0.29) is 12.1 Å². The molecule has 2 aliphatic rings. The van der Waals surface area contributed by atoms with Gasteiger partial charge in [0.15, 0.2) is 0 Å². The highest BCUT2D eigenvalue weighted by Gasteiger charge is 2.33. The SMILES string of the molecule is O=C(Oc1ccccn1)N1CCc2ccccc2C1c1ccc(OC2CC2)cc1. The van der Waals surface area contributed by atoms with Crippen LogP contribution in [0.1, 0.15) is 35.6 Å². The van der Waals surface area contributed by atoms with E-state index in [2.05, 4.69) is 17.1 Å². The number of fused-ring (bicyclic) bond motifs is 1. The summed E-state index contributed by atoms with van der Waals surface area (Å²) in [5.74, 6) is 1.19. The highest BCUT2D eigenvalue weighted by atomic mass is 16.6. The molecule has 1 fully saturated rings. The Bertz CT molecular complexity index is 1000. The van der Waals surface area contributed by atoms with Crippen molar-refractivity contribution < 1.29 is 14.3 Å². The van der Waals surface area contributed by atoms with Gasteiger partial charge in [0.1, 0.15) is 5.75 Å². The summed E-state index contributed by atoms with van der Waals surface area (Å²) < 4.78 is 11.4. The Labute approximate surface area is 169 Å². The van der Waals surface area contributed by atoms with E-state index in [0.717, 1.165) is 36.1 Å². The molecular weight excluding hydrogens is 364 g/mol. The van der Waals surface area contributed by atoms with Crippen molar-refractivity contribution >= 4 is 6.09 Å². The van der Waals surface area contributed by atoms with Crippen molar-refractivity contribution in [1.29, 1.82) is 0 Å². The quantitative estimate of drug-likeness (QED) is 0.648. The molecule has 5 rings (SSSR count). The van der Waals surface area contributed by atoms with Crippen molar-refractivity contribution in [1.82, 2.24) is 9.88 Å². The maximum Gasteiger partial charge on any atom is 0.417 e. The minimum atomic E-state index is -0.387. The van der Waals surface area contributed by atoms with Crippen molar-refractivity contribution in [3.8, 4) is 11.6 Å². The van der Waals surface area contributed by atoms with Crippen molar-refractivity contribution in [2.75, 3.05) is 6.54 Å². The second-order valence-electron chi connectivity index (χ2n) is 7.47. The first-order chi connectivity index (χ1) is 14.3. The summed E-state index contributed by atoms with van der Waals surface area (Å²) in [6.07, 6.45) is 4.65. The number of hydrogen-bond donors (Lipinski definition) is 0. The first-order valence-corrected chi connectivity index (χ1v) is 10.0. The predicted molar refractivity (Wildman–Crippen MR) is 109 cm³/mol. The molecule has 1 aromatic heterocycles. The van der Waals surface area contributed by atoms with Crippen LogP contribution in [-0.2, 0) is 6.42 Å². The van der Waals surface area contributed by atoms with Crippen LogP contribution in [0.25, 0.3) is 0 Å². The van der Waals surface area contributed by atoms with Gasteiger partial charge in [0.25, 0.3) is 0 Å². The van der Waals surface area contributed by atoms with Gasteiger partial charge in [-0.25, -0.2) is 9.78 Å². The highest BCUT2D eigenvalue weighted by Crippen LogP contribution is 2.36. The molecule has 2 aromatic carbocycles. The monoisotopic (exact) mass is 386 g/mol. The van der Waals surface area contributed by atoms with Gasteiger partial charge in [-0.05, 0) is 54.2 Å². The van der Waals surface area contributed by atoms with Gasteiger partial charge in [0.05, 0.1) is 12.1 Å². The molecule has 1 unspecified atom stereocenters. The number of hydrogen-bond acceptors (Lipinski definition) is 4. The molecule has 0 bridgehead atoms. The largest absolute Gasteiger partial charge is 0.490 e. The fraction of sp³-hybridized carbons (Fsp3) is 0.250. The molecule has 146 valence electrons. The standard InChI is InChI=1S/C24H22N2O3/c27-24(29-22-7-3-4-15-25-22)26-16-14-17-5-1-2-6-21(17)23(26)18-8-10-19(11-9-18)28-20-12-13-20/h1-11,15,20,23H,12-14,16H2. The van der Waals surface area contributed by atoms with E-state index < -0.39 is 0 Å². The smallest absolute Gasteiger partial charge is 0.417 e. The summed E-state index contributed by atoms with van der Waals surface area (Å²) in [6.45, 7) is 0.591. The number of carbonyl (C=O) groups is 1. The van der Waals surface area contributed by atoms with Gasteiger partial charge < -0.3 is 9.47 Å². The fourth-order valence-corrected chi connectivity index (χ4v) is 3.79. The van der Waals surface area contributed by atoms with Crippen LogP contribution in [0.15, 0.2) is 72.9 Å². The number of nitrogens with zero attached hydrogens (tertiary/aromatic N) is 2. The third-order valence-electron chi connectivity index (χ3n) is 5.37. The number of carbonyl (C=O) groups excluding carboxylic acids is 1. The molecule has 1 amide bonds. The number of ether oxygens (including phenoxy) is 2. The van der Waals surface area contributed by atoms with Crippen LogP contribution in [0.2, 0.25) is 0 Å². The molecule has 0 radical (unpaired) electrons. The van der Waals surface area contributed by atoms with Crippen LogP contribution in [0.3, 0.4) is 0 Å². The summed E-state index contributed by atoms with van der Waals surface area (Å²) in [7, 11) is 0. The van der Waals surface area contributed by atoms with Gasteiger partial charge in [-0.1, -0.05) is 42.5 Å². The van der Waals surface area contributed by atoms with Crippen molar-refractivity contribution in [3.63, 3.8) is 0 Å². The summed E-state index contributed by atoms with van der Waals surface area (Å²) >= 11 is 0. The Morgan fingerprint density at radius 3 is 2.52 bits per heavy atom. The van der Waals surface area contributed by atoms with Gasteiger partial charge in [0.2, 0.25) is 5.88 Å². The van der Waals surface area contributed by atoms with E-state index >= 15 is 0 Å². The molecule has 0 spiro atoms. The normalized spacial score (nSPS) is 18.1. The third kappa shape index (κ3) is 3.81. The first kappa shape index (κ1) is 17.7. The van der Waals surface area contributed by atoms with Crippen LogP contribution < -0.4 is 9.47 Å². The predicted octanol–water partition coefficient (Wildman–Crippen LogP) is 4.77. The number of aromatic nitrogens is 1. The highest BCUT2D eigenvalue weighted by molar-refractivity contribution is 5.72. The lowest BCUT2D eigenvalue weighted by Crippen LogP contribution is -2.42. The number of benzene rings is 2. The Morgan fingerprint density at radius 1 is 0.966 bits per heavy atom. The molecule has 3 aromatic rings. The van der Waals surface area contributed by atoms with Crippen LogP contribution in [0, 0.1) is 0 Å². The average molecular weight is 386 g/mol. The molecule has 1 atom stereocenters. The Balaban J connectivity index is 1.46. The summed E-state index contributed by atoms with van der Waals surface area (Å²) in [5, 5.41) is 0. The van der Waals surface area contributed by atoms with Gasteiger partial charge in [-0.3, -0.25) is 4.90 Å². The molecule has 1 aliphatic heterocycles. The van der Waals surface area contributed by atoms with E-state index in [9.17, 15) is 4.79 Å². The van der Waals surface area contributed by atoms with Crippen LogP contribution in [0.5, 0.6) is 11.6 Å². The lowest BCUT2D eigenvalue weighted by atomic mass is 9.88. The summed E-state index contributed by atoms with van der Waals surface area (Å²) in [6, 6.07) is 21.5. The number of amides is 1. The second-order valence-corrected chi connectivity index (χ2v) is 7.47. The van der Waals surface area contributed by atoms with E-state index in [1.165, 1.54) is 5.56 Å². The average Bonchev–Trinajstić information content (AvgIpc) is 3.58. The maximum atomic E-state index is 13.0. The van der Waals surface area contributed by atoms with Crippen LogP contribution in [-0.4, -0.2) is 28.6 Å². The van der Waals surface area contributed by atoms with Crippen LogP contribution >= 0.6 is 0 Å². The Morgan fingerprint density at radius 2 is 1.76 bits per heavy atom. The van der Waals surface area contributed by atoms with Gasteiger partial charge in [-0.2, -0.15) is 0 Å². The second kappa shape index (κ2) is 7.59. The maximum absolute atomic E-state index is 13.0. The molecule has 0 saturated heterocycles. The van der Waals surface area contributed by atoms with E-state index in [1.807, 2.05) is 36.4 Å². The molecule has 2 heterocycles. The minimum Gasteiger partial charge on any atom is -0.490 e. The Hall–Kier alpha value is -3.34. The van der Waals surface area contributed by atoms with E-state index in [0.29, 0.717) is 18.5 Å². The van der Waals surface area contributed by atoms with Crippen molar-refractivity contribution in [2.24, 2.45) is 0 Å². The Kier molecular flexibility index (Phi) is 4.64. The lowest BCUT2D eigenvalue weighted by Gasteiger charge is -2.36. The minimum absolute atomic E-state index is 0.203. The third-order valence-corrected chi connectivity index (χ3v) is 5.37. The fourth-order valence-electron chi connectivity index (χ4n) is 3.79. The molecule has 5 nitrogen and oxygen atoms in total. The van der Waals surface area contributed by atoms with Crippen molar-refractivity contribution in [3.05, 3.63) is 89.6 Å². The van der Waals surface area contributed by atoms with Gasteiger partial charge in [-0.15, -0.1) is 0 Å². The molecule has 29 heavy (non-hydrogen) atoms. The number of pyridine rings is 1. The zero-order chi connectivity index (χ0) is 19.6. The zero-order valence-corrected chi connectivity index (χ0v) is 16.0. The lowest BCUT2D eigenvalue weighted by molar-refractivity contribution is 0.134. The van der Waals surface area contributed by atoms with E-state index in [1.54, 1.807) is 29.3 Å². The molecule has 1 aliphatic carbocycles. The molecule has 1 saturated carbocycles. The molecular formula is C24H22N2O3.